The lowest BCUT2D eigenvalue weighted by atomic mass is 9.97. The van der Waals surface area contributed by atoms with Gasteiger partial charge in [-0.05, 0) is 56.5 Å². The lowest BCUT2D eigenvalue weighted by Crippen LogP contribution is -2.40. The number of amides is 1. The summed E-state index contributed by atoms with van der Waals surface area (Å²) in [6.45, 7) is 5.60. The number of piperidine rings is 1. The average Bonchev–Trinajstić information content (AvgIpc) is 3.42. The third kappa shape index (κ3) is 4.62. The van der Waals surface area contributed by atoms with E-state index in [1.54, 1.807) is 0 Å². The van der Waals surface area contributed by atoms with Crippen molar-refractivity contribution in [3.05, 3.63) is 77.0 Å². The molecule has 0 saturated carbocycles. The van der Waals surface area contributed by atoms with E-state index in [9.17, 15) is 4.79 Å². The lowest BCUT2D eigenvalue weighted by Gasteiger charge is -2.31. The minimum atomic E-state index is 0.125. The zero-order chi connectivity index (χ0) is 22.8. The van der Waals surface area contributed by atoms with Crippen molar-refractivity contribution in [2.75, 3.05) is 13.1 Å². The van der Waals surface area contributed by atoms with Gasteiger partial charge < -0.3 is 18.6 Å². The van der Waals surface area contributed by atoms with E-state index in [4.69, 9.17) is 13.7 Å². The fraction of sp³-hybridized carbons (Fsp3) is 0.346. The first kappa shape index (κ1) is 21.2. The highest BCUT2D eigenvalue weighted by Crippen LogP contribution is 2.29. The number of rotatable bonds is 6. The Hall–Kier alpha value is -3.61. The Kier molecular flexibility index (Phi) is 5.86. The molecule has 1 fully saturated rings. The van der Waals surface area contributed by atoms with Gasteiger partial charge >= 0.3 is 0 Å². The van der Waals surface area contributed by atoms with Crippen LogP contribution in [0.3, 0.4) is 0 Å². The van der Waals surface area contributed by atoms with E-state index in [0.29, 0.717) is 19.6 Å². The summed E-state index contributed by atoms with van der Waals surface area (Å²) in [5, 5.41) is 3.95. The van der Waals surface area contributed by atoms with Gasteiger partial charge in [-0.2, -0.15) is 0 Å². The molecule has 0 spiro atoms. The van der Waals surface area contributed by atoms with Gasteiger partial charge in [-0.1, -0.05) is 29.4 Å². The van der Waals surface area contributed by atoms with Gasteiger partial charge in [0.15, 0.2) is 11.5 Å². The number of oxazole rings is 1. The van der Waals surface area contributed by atoms with E-state index in [1.165, 1.54) is 0 Å². The van der Waals surface area contributed by atoms with Crippen molar-refractivity contribution in [1.29, 1.82) is 0 Å². The second-order valence-corrected chi connectivity index (χ2v) is 8.61. The Bertz CT molecular complexity index is 1210. The van der Waals surface area contributed by atoms with Gasteiger partial charge in [-0.15, -0.1) is 0 Å². The molecular formula is C26H27N3O4. The molecule has 1 aliphatic heterocycles. The molecule has 5 rings (SSSR count). The van der Waals surface area contributed by atoms with Crippen molar-refractivity contribution < 1.29 is 18.5 Å². The molecule has 1 saturated heterocycles. The first-order valence-corrected chi connectivity index (χ1v) is 11.3. The highest BCUT2D eigenvalue weighted by atomic mass is 16.5. The quantitative estimate of drug-likeness (QED) is 0.417. The summed E-state index contributed by atoms with van der Waals surface area (Å²) in [5.41, 5.74) is 4.44. The molecule has 0 radical (unpaired) electrons. The number of para-hydroxylation sites is 2. The van der Waals surface area contributed by atoms with Crippen LogP contribution in [0.25, 0.3) is 11.1 Å². The number of carbonyl (C=O) groups excluding carboxylic acids is 1. The molecule has 0 bridgehead atoms. The molecule has 33 heavy (non-hydrogen) atoms. The predicted octanol–water partition coefficient (Wildman–Crippen LogP) is 4.96. The Labute approximate surface area is 192 Å². The summed E-state index contributed by atoms with van der Waals surface area (Å²) >= 11 is 0. The predicted molar refractivity (Wildman–Crippen MR) is 123 cm³/mol. The zero-order valence-corrected chi connectivity index (χ0v) is 18.9. The summed E-state index contributed by atoms with van der Waals surface area (Å²) in [6, 6.07) is 15.5. The first-order chi connectivity index (χ1) is 16.1. The molecule has 1 atom stereocenters. The topological polar surface area (TPSA) is 81.6 Å². The molecule has 2 aromatic heterocycles. The summed E-state index contributed by atoms with van der Waals surface area (Å²) in [4.78, 5) is 19.6. The van der Waals surface area contributed by atoms with E-state index in [2.05, 4.69) is 10.1 Å². The lowest BCUT2D eigenvalue weighted by molar-refractivity contribution is -0.131. The molecule has 7 nitrogen and oxygen atoms in total. The number of hydrogen-bond donors (Lipinski definition) is 0. The molecule has 0 N–H and O–H groups in total. The van der Waals surface area contributed by atoms with Gasteiger partial charge in [0.1, 0.15) is 23.6 Å². The number of aryl methyl sites for hydroxylation is 2. The largest absolute Gasteiger partial charge is 0.489 e. The number of hydrogen-bond acceptors (Lipinski definition) is 6. The van der Waals surface area contributed by atoms with Crippen molar-refractivity contribution >= 4 is 17.0 Å². The maximum absolute atomic E-state index is 13.0. The van der Waals surface area contributed by atoms with Gasteiger partial charge in [0.2, 0.25) is 5.91 Å². The van der Waals surface area contributed by atoms with Crippen molar-refractivity contribution in [1.82, 2.24) is 15.0 Å². The standard InChI is InChI=1S/C26H27N3O4/c1-17-22(18(2)33-28-17)16-31-21-11-9-19(10-12-21)14-25(30)29-13-5-6-20(15-29)26-27-23-7-3-4-8-24(23)32-26/h3-4,7-12,20H,5-6,13-16H2,1-2H3. The monoisotopic (exact) mass is 445 g/mol. The number of carbonyl (C=O) groups is 1. The average molecular weight is 446 g/mol. The van der Waals surface area contributed by atoms with Gasteiger partial charge in [0.25, 0.3) is 0 Å². The van der Waals surface area contributed by atoms with Crippen LogP contribution in [-0.4, -0.2) is 34.0 Å². The fourth-order valence-electron chi connectivity index (χ4n) is 4.32. The van der Waals surface area contributed by atoms with Crippen LogP contribution in [0.1, 0.15) is 47.2 Å². The Morgan fingerprint density at radius 1 is 1.15 bits per heavy atom. The van der Waals surface area contributed by atoms with E-state index >= 15 is 0 Å². The Morgan fingerprint density at radius 2 is 1.97 bits per heavy atom. The molecule has 7 heteroatoms. The summed E-state index contributed by atoms with van der Waals surface area (Å²) < 4.78 is 17.0. The molecular weight excluding hydrogens is 418 g/mol. The van der Waals surface area contributed by atoms with E-state index < -0.39 is 0 Å². The molecule has 4 aromatic rings. The summed E-state index contributed by atoms with van der Waals surface area (Å²) in [5.74, 6) is 2.51. The van der Waals surface area contributed by atoms with Crippen LogP contribution < -0.4 is 4.74 Å². The van der Waals surface area contributed by atoms with Crippen LogP contribution in [-0.2, 0) is 17.8 Å². The van der Waals surface area contributed by atoms with Crippen LogP contribution in [0, 0.1) is 13.8 Å². The van der Waals surface area contributed by atoms with Crippen LogP contribution in [0.5, 0.6) is 5.75 Å². The zero-order valence-electron chi connectivity index (χ0n) is 18.9. The number of ether oxygens (including phenoxy) is 1. The SMILES string of the molecule is Cc1noc(C)c1COc1ccc(CC(=O)N2CCCC(c3nc4ccccc4o3)C2)cc1. The van der Waals surface area contributed by atoms with Crippen LogP contribution in [0.15, 0.2) is 57.5 Å². The highest BCUT2D eigenvalue weighted by Gasteiger charge is 2.28. The number of benzene rings is 2. The molecule has 0 aliphatic carbocycles. The van der Waals surface area contributed by atoms with E-state index in [1.807, 2.05) is 67.3 Å². The maximum Gasteiger partial charge on any atom is 0.227 e. The number of nitrogens with zero attached hydrogens (tertiary/aromatic N) is 3. The highest BCUT2D eigenvalue weighted by molar-refractivity contribution is 5.79. The maximum atomic E-state index is 13.0. The van der Waals surface area contributed by atoms with Crippen molar-refractivity contribution in [2.45, 2.75) is 45.6 Å². The van der Waals surface area contributed by atoms with Crippen molar-refractivity contribution in [2.24, 2.45) is 0 Å². The molecule has 2 aromatic carbocycles. The number of aromatic nitrogens is 2. The van der Waals surface area contributed by atoms with Crippen molar-refractivity contribution in [3.63, 3.8) is 0 Å². The smallest absolute Gasteiger partial charge is 0.227 e. The molecule has 3 heterocycles. The third-order valence-electron chi connectivity index (χ3n) is 6.28. The molecule has 1 unspecified atom stereocenters. The van der Waals surface area contributed by atoms with E-state index in [0.717, 1.165) is 64.7 Å². The summed E-state index contributed by atoms with van der Waals surface area (Å²) in [7, 11) is 0. The molecule has 1 aliphatic rings. The number of fused-ring (bicyclic) bond motifs is 1. The van der Waals surface area contributed by atoms with Gasteiger partial charge in [-0.3, -0.25) is 4.79 Å². The summed E-state index contributed by atoms with van der Waals surface area (Å²) in [6.07, 6.45) is 2.29. The Morgan fingerprint density at radius 3 is 2.73 bits per heavy atom. The third-order valence-corrected chi connectivity index (χ3v) is 6.28. The van der Waals surface area contributed by atoms with Gasteiger partial charge in [0, 0.05) is 13.1 Å². The molecule has 170 valence electrons. The van der Waals surface area contributed by atoms with Crippen LogP contribution in [0.4, 0.5) is 0 Å². The van der Waals surface area contributed by atoms with Crippen LogP contribution in [0.2, 0.25) is 0 Å². The fourth-order valence-corrected chi connectivity index (χ4v) is 4.32. The van der Waals surface area contributed by atoms with Crippen LogP contribution >= 0.6 is 0 Å². The van der Waals surface area contributed by atoms with E-state index in [-0.39, 0.29) is 11.8 Å². The minimum Gasteiger partial charge on any atom is -0.489 e. The number of likely N-dealkylation sites (tertiary alicyclic amines) is 1. The molecule has 1 amide bonds. The second kappa shape index (κ2) is 9.10. The normalized spacial score (nSPS) is 16.3. The second-order valence-electron chi connectivity index (χ2n) is 8.61. The van der Waals surface area contributed by atoms with Crippen molar-refractivity contribution in [3.8, 4) is 5.75 Å². The minimum absolute atomic E-state index is 0.125. The Balaban J connectivity index is 1.18. The van der Waals surface area contributed by atoms with Gasteiger partial charge in [-0.25, -0.2) is 4.98 Å². The first-order valence-electron chi connectivity index (χ1n) is 11.3. The van der Waals surface area contributed by atoms with Gasteiger partial charge in [0.05, 0.1) is 23.6 Å².